The normalized spacial score (nSPS) is 10.5. The molecule has 26 heavy (non-hydrogen) atoms. The zero-order chi connectivity index (χ0) is 18.5. The van der Waals surface area contributed by atoms with E-state index in [1.165, 1.54) is 0 Å². The number of rotatable bonds is 4. The number of ether oxygens (including phenoxy) is 2. The molecule has 0 saturated heterocycles. The molecule has 3 aromatic carbocycles. The number of carbonyl (C=O) groups excluding carboxylic acids is 2. The van der Waals surface area contributed by atoms with Crippen LogP contribution in [-0.4, -0.2) is 25.4 Å². The molecular formula is C20H20N2O4. The highest BCUT2D eigenvalue weighted by atomic mass is 16.6. The Morgan fingerprint density at radius 3 is 1.58 bits per heavy atom. The lowest BCUT2D eigenvalue weighted by molar-refractivity contribution is 0.167. The maximum absolute atomic E-state index is 11.8. The maximum Gasteiger partial charge on any atom is 0.411 e. The zero-order valence-electron chi connectivity index (χ0n) is 14.7. The first-order valence-electron chi connectivity index (χ1n) is 8.45. The van der Waals surface area contributed by atoms with Crippen molar-refractivity contribution in [2.24, 2.45) is 0 Å². The molecule has 0 radical (unpaired) electrons. The van der Waals surface area contributed by atoms with Crippen molar-refractivity contribution in [3.63, 3.8) is 0 Å². The summed E-state index contributed by atoms with van der Waals surface area (Å²) in [5, 5.41) is 9.18. The summed E-state index contributed by atoms with van der Waals surface area (Å²) < 4.78 is 9.91. The van der Waals surface area contributed by atoms with Gasteiger partial charge in [-0.1, -0.05) is 24.3 Å². The van der Waals surface area contributed by atoms with Gasteiger partial charge in [0.1, 0.15) is 0 Å². The van der Waals surface area contributed by atoms with Crippen LogP contribution in [-0.2, 0) is 9.47 Å². The van der Waals surface area contributed by atoms with Gasteiger partial charge in [0.15, 0.2) is 0 Å². The third kappa shape index (κ3) is 3.69. The minimum Gasteiger partial charge on any atom is -0.450 e. The van der Waals surface area contributed by atoms with Crippen LogP contribution in [0.4, 0.5) is 21.0 Å². The minimum atomic E-state index is -0.488. The van der Waals surface area contributed by atoms with E-state index < -0.39 is 12.2 Å². The third-order valence-corrected chi connectivity index (χ3v) is 3.90. The molecule has 0 unspecified atom stereocenters. The number of carbonyl (C=O) groups is 2. The van der Waals surface area contributed by atoms with Crippen molar-refractivity contribution < 1.29 is 19.1 Å². The Kier molecular flexibility index (Phi) is 5.22. The van der Waals surface area contributed by atoms with Gasteiger partial charge < -0.3 is 9.47 Å². The fraction of sp³-hybridized carbons (Fsp3) is 0.200. The Morgan fingerprint density at radius 1 is 0.769 bits per heavy atom. The van der Waals surface area contributed by atoms with Crippen LogP contribution in [0.3, 0.4) is 0 Å². The minimum absolute atomic E-state index is 0.308. The molecule has 3 aromatic rings. The number of nitrogens with one attached hydrogen (secondary N) is 2. The van der Waals surface area contributed by atoms with Crippen LogP contribution in [0, 0.1) is 0 Å². The average molecular weight is 352 g/mol. The molecule has 0 aromatic heterocycles. The molecule has 0 atom stereocenters. The molecule has 6 heteroatoms. The van der Waals surface area contributed by atoms with Crippen molar-refractivity contribution in [3.05, 3.63) is 48.5 Å². The first-order valence-corrected chi connectivity index (χ1v) is 8.45. The highest BCUT2D eigenvalue weighted by Crippen LogP contribution is 2.32. The molecule has 0 aliphatic carbocycles. The Labute approximate surface area is 151 Å². The lowest BCUT2D eigenvalue weighted by Crippen LogP contribution is -2.13. The maximum atomic E-state index is 11.8. The molecule has 0 heterocycles. The number of anilines is 2. The van der Waals surface area contributed by atoms with Crippen molar-refractivity contribution in [1.82, 2.24) is 0 Å². The van der Waals surface area contributed by atoms with E-state index >= 15 is 0 Å². The van der Waals surface area contributed by atoms with Gasteiger partial charge in [-0.2, -0.15) is 0 Å². The molecule has 0 bridgehead atoms. The SMILES string of the molecule is CCOC(=O)Nc1cccc2cc3c(NC(=O)OCC)cccc3cc12. The van der Waals surface area contributed by atoms with Gasteiger partial charge in [-0.25, -0.2) is 9.59 Å². The molecule has 0 aliphatic heterocycles. The zero-order valence-corrected chi connectivity index (χ0v) is 14.7. The summed E-state index contributed by atoms with van der Waals surface area (Å²) >= 11 is 0. The average Bonchev–Trinajstić information content (AvgIpc) is 2.61. The first kappa shape index (κ1) is 17.5. The predicted octanol–water partition coefficient (Wildman–Crippen LogP) is 5.13. The van der Waals surface area contributed by atoms with E-state index in [0.717, 1.165) is 21.5 Å². The largest absolute Gasteiger partial charge is 0.450 e. The first-order chi connectivity index (χ1) is 12.6. The summed E-state index contributed by atoms with van der Waals surface area (Å²) in [6.45, 7) is 4.13. The van der Waals surface area contributed by atoms with Crippen LogP contribution in [0.25, 0.3) is 21.5 Å². The summed E-state index contributed by atoms with van der Waals surface area (Å²) in [7, 11) is 0. The molecule has 134 valence electrons. The number of benzene rings is 3. The van der Waals surface area contributed by atoms with E-state index in [1.54, 1.807) is 13.8 Å². The van der Waals surface area contributed by atoms with Crippen molar-refractivity contribution in [3.8, 4) is 0 Å². The lowest BCUT2D eigenvalue weighted by Gasteiger charge is -2.12. The van der Waals surface area contributed by atoms with E-state index in [-0.39, 0.29) is 0 Å². The van der Waals surface area contributed by atoms with E-state index in [1.807, 2.05) is 48.5 Å². The van der Waals surface area contributed by atoms with Crippen LogP contribution in [0.15, 0.2) is 48.5 Å². The predicted molar refractivity (Wildman–Crippen MR) is 103 cm³/mol. The molecule has 0 spiro atoms. The van der Waals surface area contributed by atoms with Crippen molar-refractivity contribution in [2.45, 2.75) is 13.8 Å². The lowest BCUT2D eigenvalue weighted by atomic mass is 10.0. The molecule has 6 nitrogen and oxygen atoms in total. The second-order valence-electron chi connectivity index (χ2n) is 5.60. The van der Waals surface area contributed by atoms with Gasteiger partial charge in [0.05, 0.1) is 24.6 Å². The Hall–Kier alpha value is -3.28. The van der Waals surface area contributed by atoms with Crippen molar-refractivity contribution in [2.75, 3.05) is 23.8 Å². The molecule has 2 amide bonds. The van der Waals surface area contributed by atoms with Gasteiger partial charge in [-0.15, -0.1) is 0 Å². The number of hydrogen-bond acceptors (Lipinski definition) is 4. The molecule has 0 saturated carbocycles. The van der Waals surface area contributed by atoms with E-state index in [0.29, 0.717) is 24.6 Å². The summed E-state index contributed by atoms with van der Waals surface area (Å²) in [6, 6.07) is 15.2. The topological polar surface area (TPSA) is 76.7 Å². The number of amides is 2. The quantitative estimate of drug-likeness (QED) is 0.638. The van der Waals surface area contributed by atoms with E-state index in [4.69, 9.17) is 9.47 Å². The van der Waals surface area contributed by atoms with Crippen molar-refractivity contribution in [1.29, 1.82) is 0 Å². The van der Waals surface area contributed by atoms with Gasteiger partial charge in [0.25, 0.3) is 0 Å². The van der Waals surface area contributed by atoms with Crippen LogP contribution in [0.5, 0.6) is 0 Å². The molecule has 3 rings (SSSR count). The fourth-order valence-electron chi connectivity index (χ4n) is 2.82. The van der Waals surface area contributed by atoms with Crippen molar-refractivity contribution >= 4 is 45.1 Å². The number of hydrogen-bond donors (Lipinski definition) is 2. The molecular weight excluding hydrogens is 332 g/mol. The Morgan fingerprint density at radius 2 is 1.19 bits per heavy atom. The second kappa shape index (κ2) is 7.74. The van der Waals surface area contributed by atoms with Gasteiger partial charge in [0, 0.05) is 10.8 Å². The molecule has 0 aliphatic rings. The number of fused-ring (bicyclic) bond motifs is 2. The Bertz CT molecular complexity index is 889. The Balaban J connectivity index is 2.05. The monoisotopic (exact) mass is 352 g/mol. The van der Waals surface area contributed by atoms with E-state index in [9.17, 15) is 9.59 Å². The van der Waals surface area contributed by atoms with Crippen LogP contribution in [0.2, 0.25) is 0 Å². The van der Waals surface area contributed by atoms with E-state index in [2.05, 4.69) is 10.6 Å². The summed E-state index contributed by atoms with van der Waals surface area (Å²) in [6.07, 6.45) is -0.976. The van der Waals surface area contributed by atoms with Gasteiger partial charge in [-0.05, 0) is 48.9 Å². The summed E-state index contributed by atoms with van der Waals surface area (Å²) in [4.78, 5) is 23.5. The fourth-order valence-corrected chi connectivity index (χ4v) is 2.82. The van der Waals surface area contributed by atoms with Gasteiger partial charge in [-0.3, -0.25) is 10.6 Å². The third-order valence-electron chi connectivity index (χ3n) is 3.90. The van der Waals surface area contributed by atoms with Crippen LogP contribution >= 0.6 is 0 Å². The molecule has 0 fully saturated rings. The molecule has 2 N–H and O–H groups in total. The van der Waals surface area contributed by atoms with Crippen LogP contribution < -0.4 is 10.6 Å². The van der Waals surface area contributed by atoms with Gasteiger partial charge >= 0.3 is 12.2 Å². The summed E-state index contributed by atoms with van der Waals surface area (Å²) in [5.74, 6) is 0. The summed E-state index contributed by atoms with van der Waals surface area (Å²) in [5.41, 5.74) is 1.35. The van der Waals surface area contributed by atoms with Crippen LogP contribution in [0.1, 0.15) is 13.8 Å². The van der Waals surface area contributed by atoms with Gasteiger partial charge in [0.2, 0.25) is 0 Å². The highest BCUT2D eigenvalue weighted by molar-refractivity contribution is 6.10. The smallest absolute Gasteiger partial charge is 0.411 e. The highest BCUT2D eigenvalue weighted by Gasteiger charge is 2.10. The standard InChI is InChI=1S/C20H20N2O4/c1-3-25-19(23)21-17-9-5-7-13-12-16-14(11-15(13)17)8-6-10-18(16)22-20(24)26-4-2/h5-12H,3-4H2,1-2H3,(H,21,23)(H,22,24). The second-order valence-corrected chi connectivity index (χ2v) is 5.60.